The number of nitrogens with two attached hydrogens (primary N) is 1. The number of hydrogen-bond donors (Lipinski definition) is 1. The van der Waals surface area contributed by atoms with E-state index in [4.69, 9.17) is 14.7 Å². The number of rotatable bonds is 2. The minimum Gasteiger partial charge on any atom is -0.466 e. The van der Waals surface area contributed by atoms with Gasteiger partial charge in [0, 0.05) is 11.1 Å². The van der Waals surface area contributed by atoms with Crippen LogP contribution in [-0.2, 0) is 0 Å². The van der Waals surface area contributed by atoms with Crippen LogP contribution in [0.5, 0.6) is 0 Å². The first kappa shape index (κ1) is 13.4. The molecule has 1 aromatic carbocycles. The monoisotopic (exact) mass is 286 g/mol. The van der Waals surface area contributed by atoms with Gasteiger partial charge in [-0.15, -0.1) is 0 Å². The van der Waals surface area contributed by atoms with Crippen molar-refractivity contribution >= 4 is 5.88 Å². The quantitative estimate of drug-likeness (QED) is 0.765. The molecular weight excluding hydrogens is 271 g/mol. The van der Waals surface area contributed by atoms with Crippen LogP contribution >= 0.6 is 0 Å². The molecule has 3 rings (SSSR count). The Morgan fingerprint density at radius 1 is 1.05 bits per heavy atom. The largest absolute Gasteiger partial charge is 0.466 e. The molecule has 0 unspecified atom stereocenters. The van der Waals surface area contributed by atoms with Gasteiger partial charge in [0.05, 0.1) is 5.56 Å². The van der Waals surface area contributed by atoms with Crippen LogP contribution in [-0.4, -0.2) is 5.16 Å². The minimum atomic E-state index is -0.371. The van der Waals surface area contributed by atoms with Crippen molar-refractivity contribution in [1.29, 1.82) is 0 Å². The third kappa shape index (κ3) is 2.01. The highest BCUT2D eigenvalue weighted by Gasteiger charge is 2.25. The van der Waals surface area contributed by atoms with Crippen LogP contribution in [0.15, 0.2) is 33.2 Å². The van der Waals surface area contributed by atoms with Gasteiger partial charge < -0.3 is 14.7 Å². The standard InChI is InChI=1S/C16H15FN2O2/c1-8-9(2)20-10(3)13(8)15-14(16(18)21-19-15)11-6-4-5-7-12(11)17/h4-7H,18H2,1-3H3. The molecule has 0 fully saturated rings. The third-order valence-electron chi connectivity index (χ3n) is 3.66. The van der Waals surface area contributed by atoms with Crippen LogP contribution in [0.3, 0.4) is 0 Å². The van der Waals surface area contributed by atoms with Crippen molar-refractivity contribution in [1.82, 2.24) is 5.16 Å². The average molecular weight is 286 g/mol. The molecule has 0 amide bonds. The van der Waals surface area contributed by atoms with E-state index in [0.717, 1.165) is 16.9 Å². The fourth-order valence-corrected chi connectivity index (χ4v) is 2.54. The summed E-state index contributed by atoms with van der Waals surface area (Å²) in [7, 11) is 0. The lowest BCUT2D eigenvalue weighted by molar-refractivity contribution is 0.439. The van der Waals surface area contributed by atoms with Crippen LogP contribution in [0.25, 0.3) is 22.4 Å². The molecule has 2 heterocycles. The molecule has 0 aliphatic heterocycles. The van der Waals surface area contributed by atoms with Gasteiger partial charge >= 0.3 is 0 Å². The maximum absolute atomic E-state index is 14.1. The molecule has 0 atom stereocenters. The van der Waals surface area contributed by atoms with Gasteiger partial charge in [0.2, 0.25) is 5.88 Å². The van der Waals surface area contributed by atoms with Crippen LogP contribution in [0.1, 0.15) is 17.1 Å². The van der Waals surface area contributed by atoms with Crippen LogP contribution in [0.2, 0.25) is 0 Å². The summed E-state index contributed by atoms with van der Waals surface area (Å²) in [5.74, 6) is 1.22. The van der Waals surface area contributed by atoms with E-state index in [0.29, 0.717) is 22.6 Å². The summed E-state index contributed by atoms with van der Waals surface area (Å²) in [6.07, 6.45) is 0. The van der Waals surface area contributed by atoms with Gasteiger partial charge in [-0.05, 0) is 32.4 Å². The van der Waals surface area contributed by atoms with Gasteiger partial charge in [0.1, 0.15) is 23.0 Å². The molecule has 3 aromatic rings. The molecule has 2 N–H and O–H groups in total. The van der Waals surface area contributed by atoms with Gasteiger partial charge in [-0.1, -0.05) is 23.4 Å². The smallest absolute Gasteiger partial charge is 0.230 e. The van der Waals surface area contributed by atoms with E-state index in [2.05, 4.69) is 5.16 Å². The lowest BCUT2D eigenvalue weighted by atomic mass is 9.98. The molecule has 0 spiro atoms. The van der Waals surface area contributed by atoms with E-state index in [-0.39, 0.29) is 11.7 Å². The topological polar surface area (TPSA) is 65.2 Å². The Balaban J connectivity index is 2.30. The Labute approximate surface area is 121 Å². The molecule has 0 saturated carbocycles. The summed E-state index contributed by atoms with van der Waals surface area (Å²) in [5, 5.41) is 4.01. The highest BCUT2D eigenvalue weighted by molar-refractivity contribution is 5.88. The number of furan rings is 1. The number of halogens is 1. The summed E-state index contributed by atoms with van der Waals surface area (Å²) in [6.45, 7) is 5.64. The predicted molar refractivity (Wildman–Crippen MR) is 78.2 cm³/mol. The lowest BCUT2D eigenvalue weighted by Crippen LogP contribution is -1.91. The second-order valence-corrected chi connectivity index (χ2v) is 4.96. The zero-order valence-electron chi connectivity index (χ0n) is 12.0. The third-order valence-corrected chi connectivity index (χ3v) is 3.66. The van der Waals surface area contributed by atoms with Crippen LogP contribution in [0, 0.1) is 26.6 Å². The van der Waals surface area contributed by atoms with Crippen LogP contribution < -0.4 is 5.73 Å². The summed E-state index contributed by atoms with van der Waals surface area (Å²) in [6, 6.07) is 6.40. The Morgan fingerprint density at radius 3 is 2.38 bits per heavy atom. The van der Waals surface area contributed by atoms with E-state index in [1.54, 1.807) is 18.2 Å². The van der Waals surface area contributed by atoms with Gasteiger partial charge in [0.25, 0.3) is 0 Å². The van der Waals surface area contributed by atoms with Crippen molar-refractivity contribution in [3.63, 3.8) is 0 Å². The Kier molecular flexibility index (Phi) is 3.05. The fourth-order valence-electron chi connectivity index (χ4n) is 2.54. The van der Waals surface area contributed by atoms with Crippen molar-refractivity contribution in [2.75, 3.05) is 5.73 Å². The van der Waals surface area contributed by atoms with Gasteiger partial charge in [-0.25, -0.2) is 4.39 Å². The highest BCUT2D eigenvalue weighted by Crippen LogP contribution is 2.41. The number of hydrogen-bond acceptors (Lipinski definition) is 4. The first-order valence-electron chi connectivity index (χ1n) is 6.57. The Hall–Kier alpha value is -2.56. The van der Waals surface area contributed by atoms with Gasteiger partial charge in [0.15, 0.2) is 0 Å². The zero-order valence-corrected chi connectivity index (χ0v) is 12.0. The van der Waals surface area contributed by atoms with Crippen molar-refractivity contribution < 1.29 is 13.3 Å². The summed E-state index contributed by atoms with van der Waals surface area (Å²) in [4.78, 5) is 0. The van der Waals surface area contributed by atoms with Gasteiger partial charge in [-0.3, -0.25) is 0 Å². The van der Waals surface area contributed by atoms with E-state index >= 15 is 0 Å². The van der Waals surface area contributed by atoms with Crippen molar-refractivity contribution in [3.05, 3.63) is 47.2 Å². The molecule has 21 heavy (non-hydrogen) atoms. The van der Waals surface area contributed by atoms with Crippen molar-refractivity contribution in [2.45, 2.75) is 20.8 Å². The Morgan fingerprint density at radius 2 is 1.76 bits per heavy atom. The maximum atomic E-state index is 14.1. The Bertz CT molecular complexity index is 818. The summed E-state index contributed by atoms with van der Waals surface area (Å²) in [5.41, 5.74) is 8.93. The van der Waals surface area contributed by atoms with E-state index in [9.17, 15) is 4.39 Å². The SMILES string of the molecule is Cc1oc(C)c(-c2noc(N)c2-c2ccccc2F)c1C. The predicted octanol–water partition coefficient (Wildman–Crippen LogP) is 4.25. The summed E-state index contributed by atoms with van der Waals surface area (Å²) >= 11 is 0. The maximum Gasteiger partial charge on any atom is 0.230 e. The molecular formula is C16H15FN2O2. The second kappa shape index (κ2) is 4.77. The number of nitrogen functional groups attached to an aromatic ring is 1. The first-order valence-corrected chi connectivity index (χ1v) is 6.57. The number of benzene rings is 1. The van der Waals surface area contributed by atoms with Crippen molar-refractivity contribution in [3.8, 4) is 22.4 Å². The van der Waals surface area contributed by atoms with E-state index < -0.39 is 0 Å². The van der Waals surface area contributed by atoms with Gasteiger partial charge in [-0.2, -0.15) is 0 Å². The zero-order chi connectivity index (χ0) is 15.1. The lowest BCUT2D eigenvalue weighted by Gasteiger charge is -2.04. The second-order valence-electron chi connectivity index (χ2n) is 4.96. The van der Waals surface area contributed by atoms with Crippen LogP contribution in [0.4, 0.5) is 10.3 Å². The molecule has 108 valence electrons. The molecule has 0 saturated heterocycles. The number of nitrogens with zero attached hydrogens (tertiary/aromatic N) is 1. The molecule has 5 heteroatoms. The van der Waals surface area contributed by atoms with E-state index in [1.807, 2.05) is 20.8 Å². The minimum absolute atomic E-state index is 0.0905. The molecule has 0 aliphatic carbocycles. The van der Waals surface area contributed by atoms with Crippen molar-refractivity contribution in [2.24, 2.45) is 0 Å². The molecule has 0 bridgehead atoms. The first-order chi connectivity index (χ1) is 10.0. The number of aryl methyl sites for hydroxylation is 2. The fraction of sp³-hybridized carbons (Fsp3) is 0.188. The summed E-state index contributed by atoms with van der Waals surface area (Å²) < 4.78 is 24.8. The number of aromatic nitrogens is 1. The average Bonchev–Trinajstić information content (AvgIpc) is 2.92. The highest BCUT2D eigenvalue weighted by atomic mass is 19.1. The number of anilines is 1. The van der Waals surface area contributed by atoms with E-state index in [1.165, 1.54) is 6.07 Å². The molecule has 0 radical (unpaired) electrons. The molecule has 4 nitrogen and oxygen atoms in total. The molecule has 2 aromatic heterocycles. The normalized spacial score (nSPS) is 11.0. The molecule has 0 aliphatic rings.